The number of hydrogen-bond donors (Lipinski definition) is 1. The summed E-state index contributed by atoms with van der Waals surface area (Å²) in [6, 6.07) is 0. The predicted octanol–water partition coefficient (Wildman–Crippen LogP) is 1.82. The van der Waals surface area contributed by atoms with Crippen molar-refractivity contribution in [1.82, 2.24) is 14.7 Å². The van der Waals surface area contributed by atoms with E-state index in [4.69, 9.17) is 16.3 Å². The molecule has 0 saturated heterocycles. The minimum Gasteiger partial charge on any atom is -0.383 e. The lowest BCUT2D eigenvalue weighted by molar-refractivity contribution is -0.116. The fraction of sp³-hybridized carbons (Fsp3) is 0.273. The second kappa shape index (κ2) is 5.99. The number of nitrogens with zero attached hydrogens (tertiary/aromatic N) is 2. The number of carbonyl (C=O) groups excluding carboxylic acids is 1. The summed E-state index contributed by atoms with van der Waals surface area (Å²) < 4.78 is 6.68. The molecule has 1 N–H and O–H groups in total. The van der Waals surface area contributed by atoms with Crippen LogP contribution in [-0.2, 0) is 9.53 Å². The first kappa shape index (κ1) is 13.1. The van der Waals surface area contributed by atoms with E-state index in [1.54, 1.807) is 13.2 Å². The molecule has 96 valence electrons. The fourth-order valence-corrected chi connectivity index (χ4v) is 2.42. The lowest BCUT2D eigenvalue weighted by Gasteiger charge is -1.99. The molecule has 0 saturated carbocycles. The second-order valence-electron chi connectivity index (χ2n) is 3.46. The molecule has 0 bridgehead atoms. The smallest absolute Gasteiger partial charge is 0.244 e. The molecule has 7 heteroatoms. The highest BCUT2D eigenvalue weighted by molar-refractivity contribution is 7.15. The Morgan fingerprint density at radius 1 is 1.72 bits per heavy atom. The van der Waals surface area contributed by atoms with Gasteiger partial charge >= 0.3 is 0 Å². The van der Waals surface area contributed by atoms with Gasteiger partial charge in [0.1, 0.15) is 0 Å². The molecule has 0 spiro atoms. The van der Waals surface area contributed by atoms with E-state index >= 15 is 0 Å². The predicted molar refractivity (Wildman–Crippen MR) is 72.0 cm³/mol. The molecular weight excluding hydrogens is 274 g/mol. The van der Waals surface area contributed by atoms with Crippen molar-refractivity contribution in [3.05, 3.63) is 28.5 Å². The van der Waals surface area contributed by atoms with Crippen molar-refractivity contribution in [2.75, 3.05) is 20.3 Å². The lowest BCUT2D eigenvalue weighted by atomic mass is 10.4. The van der Waals surface area contributed by atoms with Crippen LogP contribution in [0.15, 0.2) is 17.7 Å². The van der Waals surface area contributed by atoms with Gasteiger partial charge in [-0.25, -0.2) is 4.98 Å². The number of halogens is 1. The molecule has 1 amide bonds. The molecule has 0 aliphatic heterocycles. The molecule has 0 unspecified atom stereocenters. The third kappa shape index (κ3) is 2.90. The zero-order valence-corrected chi connectivity index (χ0v) is 11.3. The summed E-state index contributed by atoms with van der Waals surface area (Å²) in [5.41, 5.74) is 0.704. The van der Waals surface area contributed by atoms with Crippen LogP contribution in [0.4, 0.5) is 0 Å². The Balaban J connectivity index is 2.06. The molecule has 0 fully saturated rings. The van der Waals surface area contributed by atoms with Gasteiger partial charge in [-0.15, -0.1) is 11.3 Å². The molecule has 0 aromatic carbocycles. The maximum absolute atomic E-state index is 11.5. The van der Waals surface area contributed by atoms with Crippen LogP contribution in [0.2, 0.25) is 5.15 Å². The molecule has 2 heterocycles. The Morgan fingerprint density at radius 2 is 2.56 bits per heavy atom. The Labute approximate surface area is 113 Å². The molecule has 0 aliphatic rings. The van der Waals surface area contributed by atoms with Gasteiger partial charge in [0.15, 0.2) is 10.1 Å². The molecule has 2 aromatic rings. The number of ether oxygens (including phenoxy) is 1. The number of methoxy groups -OCH3 is 1. The van der Waals surface area contributed by atoms with E-state index in [1.807, 2.05) is 16.0 Å². The van der Waals surface area contributed by atoms with Crippen LogP contribution in [0.3, 0.4) is 0 Å². The van der Waals surface area contributed by atoms with Crippen LogP contribution in [-0.4, -0.2) is 35.6 Å². The van der Waals surface area contributed by atoms with Gasteiger partial charge < -0.3 is 10.1 Å². The topological polar surface area (TPSA) is 55.6 Å². The van der Waals surface area contributed by atoms with Gasteiger partial charge in [0.25, 0.3) is 0 Å². The minimum atomic E-state index is -0.187. The third-order valence-electron chi connectivity index (χ3n) is 2.25. The van der Waals surface area contributed by atoms with Crippen molar-refractivity contribution in [2.45, 2.75) is 0 Å². The normalized spacial score (nSPS) is 11.4. The van der Waals surface area contributed by atoms with Crippen LogP contribution >= 0.6 is 22.9 Å². The van der Waals surface area contributed by atoms with Crippen LogP contribution in [0.25, 0.3) is 11.0 Å². The van der Waals surface area contributed by atoms with Gasteiger partial charge in [-0.05, 0) is 6.08 Å². The summed E-state index contributed by atoms with van der Waals surface area (Å²) in [7, 11) is 1.58. The number of nitrogens with one attached hydrogen (secondary N) is 1. The molecule has 2 rings (SSSR count). The largest absolute Gasteiger partial charge is 0.383 e. The van der Waals surface area contributed by atoms with E-state index < -0.39 is 0 Å². The average molecular weight is 286 g/mol. The maximum atomic E-state index is 11.5. The quantitative estimate of drug-likeness (QED) is 0.673. The second-order valence-corrected chi connectivity index (χ2v) is 4.69. The highest BCUT2D eigenvalue weighted by Gasteiger charge is 2.08. The molecule has 18 heavy (non-hydrogen) atoms. The van der Waals surface area contributed by atoms with Gasteiger partial charge in [-0.2, -0.15) is 0 Å². The van der Waals surface area contributed by atoms with Gasteiger partial charge in [0.2, 0.25) is 5.91 Å². The monoisotopic (exact) mass is 285 g/mol. The van der Waals surface area contributed by atoms with E-state index in [-0.39, 0.29) is 5.91 Å². The summed E-state index contributed by atoms with van der Waals surface area (Å²) >= 11 is 7.48. The number of hydrogen-bond acceptors (Lipinski definition) is 4. The third-order valence-corrected chi connectivity index (χ3v) is 3.29. The first-order valence-electron chi connectivity index (χ1n) is 5.28. The zero-order valence-electron chi connectivity index (χ0n) is 9.72. The van der Waals surface area contributed by atoms with Gasteiger partial charge in [0, 0.05) is 31.3 Å². The summed E-state index contributed by atoms with van der Waals surface area (Å²) in [6.07, 6.45) is 4.95. The van der Waals surface area contributed by atoms with Gasteiger partial charge in [-0.3, -0.25) is 9.20 Å². The van der Waals surface area contributed by atoms with Crippen LogP contribution in [0, 0.1) is 0 Å². The zero-order chi connectivity index (χ0) is 13.0. The molecule has 5 nitrogen and oxygen atoms in total. The average Bonchev–Trinajstić information content (AvgIpc) is 2.88. The molecule has 0 atom stereocenters. The van der Waals surface area contributed by atoms with E-state index in [1.165, 1.54) is 17.4 Å². The fourth-order valence-electron chi connectivity index (χ4n) is 1.42. The summed E-state index contributed by atoms with van der Waals surface area (Å²) in [6.45, 7) is 0.968. The summed E-state index contributed by atoms with van der Waals surface area (Å²) in [5, 5.41) is 4.99. The number of rotatable bonds is 5. The van der Waals surface area contributed by atoms with Crippen molar-refractivity contribution in [3.63, 3.8) is 0 Å². The highest BCUT2D eigenvalue weighted by Crippen LogP contribution is 2.22. The van der Waals surface area contributed by atoms with E-state index in [0.717, 1.165) is 4.96 Å². The van der Waals surface area contributed by atoms with Crippen LogP contribution in [0.1, 0.15) is 5.69 Å². The van der Waals surface area contributed by atoms with Gasteiger partial charge in [0.05, 0.1) is 12.3 Å². The molecule has 0 radical (unpaired) electrons. The van der Waals surface area contributed by atoms with E-state index in [9.17, 15) is 4.79 Å². The summed E-state index contributed by atoms with van der Waals surface area (Å²) in [5.74, 6) is -0.187. The number of fused-ring (bicyclic) bond motifs is 1. The maximum Gasteiger partial charge on any atom is 0.244 e. The molecular formula is C11H12ClN3O2S. The van der Waals surface area contributed by atoms with Crippen molar-refractivity contribution in [3.8, 4) is 0 Å². The van der Waals surface area contributed by atoms with E-state index in [0.29, 0.717) is 24.0 Å². The Kier molecular flexibility index (Phi) is 4.35. The lowest BCUT2D eigenvalue weighted by Crippen LogP contribution is -2.24. The number of thiazole rings is 1. The Hall–Kier alpha value is -1.37. The van der Waals surface area contributed by atoms with Crippen molar-refractivity contribution >= 4 is 39.9 Å². The summed E-state index contributed by atoms with van der Waals surface area (Å²) in [4.78, 5) is 16.5. The standard InChI is InChI=1S/C11H12ClN3O2S/c1-17-6-4-13-9(16)3-2-8-10(12)14-11-15(8)5-7-18-11/h2-3,5,7H,4,6H2,1H3,(H,13,16)/b3-2+. The highest BCUT2D eigenvalue weighted by atomic mass is 35.5. The first-order chi connectivity index (χ1) is 8.72. The number of imidazole rings is 1. The van der Waals surface area contributed by atoms with E-state index in [2.05, 4.69) is 10.3 Å². The number of aromatic nitrogens is 2. The first-order valence-corrected chi connectivity index (χ1v) is 6.54. The van der Waals surface area contributed by atoms with Crippen molar-refractivity contribution in [1.29, 1.82) is 0 Å². The van der Waals surface area contributed by atoms with Crippen molar-refractivity contribution in [2.24, 2.45) is 0 Å². The van der Waals surface area contributed by atoms with Crippen LogP contribution < -0.4 is 5.32 Å². The Bertz CT molecular complexity index is 576. The van der Waals surface area contributed by atoms with Crippen molar-refractivity contribution < 1.29 is 9.53 Å². The van der Waals surface area contributed by atoms with Crippen LogP contribution in [0.5, 0.6) is 0 Å². The Morgan fingerprint density at radius 3 is 3.33 bits per heavy atom. The SMILES string of the molecule is COCCNC(=O)/C=C/c1c(Cl)nc2sccn12. The molecule has 2 aromatic heterocycles. The number of amides is 1. The van der Waals surface area contributed by atoms with Gasteiger partial charge in [-0.1, -0.05) is 11.6 Å². The number of carbonyl (C=O) groups is 1. The molecule has 0 aliphatic carbocycles. The minimum absolute atomic E-state index is 0.187.